The van der Waals surface area contributed by atoms with Crippen molar-refractivity contribution in [3.63, 3.8) is 0 Å². The second-order valence-electron chi connectivity index (χ2n) is 7.15. The van der Waals surface area contributed by atoms with Crippen molar-refractivity contribution >= 4 is 23.2 Å². The number of aromatic nitrogens is 1. The first kappa shape index (κ1) is 18.3. The summed E-state index contributed by atoms with van der Waals surface area (Å²) in [6.07, 6.45) is 3.45. The number of rotatable bonds is 3. The fourth-order valence-corrected chi connectivity index (χ4v) is 4.62. The zero-order valence-electron chi connectivity index (χ0n) is 15.5. The van der Waals surface area contributed by atoms with E-state index in [2.05, 4.69) is 16.8 Å². The highest BCUT2D eigenvalue weighted by Crippen LogP contribution is 2.20. The molecule has 3 rings (SSSR count). The number of carbonyl (C=O) groups is 2. The highest BCUT2D eigenvalue weighted by atomic mass is 32.1. The Labute approximate surface area is 153 Å². The molecule has 2 amide bonds. The summed E-state index contributed by atoms with van der Waals surface area (Å²) in [5.41, 5.74) is 0.823. The van der Waals surface area contributed by atoms with Crippen LogP contribution in [0.1, 0.15) is 46.6 Å². The normalized spacial score (nSPS) is 22.3. The van der Waals surface area contributed by atoms with E-state index in [9.17, 15) is 9.59 Å². The van der Waals surface area contributed by atoms with Gasteiger partial charge in [0.25, 0.3) is 5.91 Å². The number of piperidine rings is 1. The molecule has 138 valence electrons. The van der Waals surface area contributed by atoms with Crippen molar-refractivity contribution in [1.29, 1.82) is 0 Å². The van der Waals surface area contributed by atoms with Crippen LogP contribution in [0.3, 0.4) is 0 Å². The Hall–Kier alpha value is -1.47. The van der Waals surface area contributed by atoms with Crippen molar-refractivity contribution in [2.75, 3.05) is 39.3 Å². The molecule has 1 atom stereocenters. The van der Waals surface area contributed by atoms with Gasteiger partial charge in [-0.05, 0) is 40.0 Å². The second-order valence-corrected chi connectivity index (χ2v) is 8.35. The number of carbonyl (C=O) groups excluding carboxylic acids is 2. The summed E-state index contributed by atoms with van der Waals surface area (Å²) in [5, 5.41) is 0.931. The van der Waals surface area contributed by atoms with E-state index in [0.717, 1.165) is 48.1 Å². The van der Waals surface area contributed by atoms with Gasteiger partial charge in [0.05, 0.1) is 17.2 Å². The first-order valence-corrected chi connectivity index (χ1v) is 10.0. The van der Waals surface area contributed by atoms with Gasteiger partial charge in [0.2, 0.25) is 5.91 Å². The van der Waals surface area contributed by atoms with E-state index >= 15 is 0 Å². The average molecular weight is 365 g/mol. The van der Waals surface area contributed by atoms with Crippen molar-refractivity contribution in [3.8, 4) is 0 Å². The lowest BCUT2D eigenvalue weighted by Crippen LogP contribution is -2.53. The van der Waals surface area contributed by atoms with Crippen LogP contribution in [0.25, 0.3) is 0 Å². The highest BCUT2D eigenvalue weighted by Gasteiger charge is 2.28. The number of hydrogen-bond acceptors (Lipinski definition) is 5. The minimum Gasteiger partial charge on any atom is -0.339 e. The highest BCUT2D eigenvalue weighted by molar-refractivity contribution is 7.13. The van der Waals surface area contributed by atoms with Crippen molar-refractivity contribution in [1.82, 2.24) is 19.7 Å². The Bertz CT molecular complexity index is 637. The summed E-state index contributed by atoms with van der Waals surface area (Å²) in [7, 11) is 0. The maximum atomic E-state index is 12.7. The first-order chi connectivity index (χ1) is 12.0. The maximum absolute atomic E-state index is 12.7. The molecule has 1 aromatic heterocycles. The Morgan fingerprint density at radius 2 is 1.84 bits per heavy atom. The van der Waals surface area contributed by atoms with Crippen LogP contribution < -0.4 is 0 Å². The summed E-state index contributed by atoms with van der Waals surface area (Å²) >= 11 is 1.47. The maximum Gasteiger partial charge on any atom is 0.265 e. The third kappa shape index (κ3) is 4.20. The van der Waals surface area contributed by atoms with Gasteiger partial charge in [0.15, 0.2) is 0 Å². The molecular weight excluding hydrogens is 336 g/mol. The molecule has 0 radical (unpaired) electrons. The number of amides is 2. The molecule has 25 heavy (non-hydrogen) atoms. The predicted octanol–water partition coefficient (Wildman–Crippen LogP) is 1.92. The van der Waals surface area contributed by atoms with E-state index < -0.39 is 0 Å². The summed E-state index contributed by atoms with van der Waals surface area (Å²) in [6, 6.07) is 0.363. The lowest BCUT2D eigenvalue weighted by molar-refractivity contribution is -0.136. The van der Waals surface area contributed by atoms with E-state index in [1.807, 2.05) is 23.6 Å². The van der Waals surface area contributed by atoms with Gasteiger partial charge in [0, 0.05) is 38.8 Å². The van der Waals surface area contributed by atoms with Crippen LogP contribution in [-0.4, -0.2) is 76.8 Å². The number of aryl methyl sites for hydroxylation is 2. The molecule has 7 heteroatoms. The van der Waals surface area contributed by atoms with Gasteiger partial charge in [-0.25, -0.2) is 4.98 Å². The van der Waals surface area contributed by atoms with Gasteiger partial charge in [-0.3, -0.25) is 14.5 Å². The van der Waals surface area contributed by atoms with E-state index in [4.69, 9.17) is 0 Å². The Balaban J connectivity index is 1.51. The summed E-state index contributed by atoms with van der Waals surface area (Å²) in [4.78, 5) is 36.4. The summed E-state index contributed by atoms with van der Waals surface area (Å²) in [5.74, 6) is 0.319. The molecule has 0 aliphatic carbocycles. The predicted molar refractivity (Wildman–Crippen MR) is 99.0 cm³/mol. The molecule has 0 N–H and O–H groups in total. The molecular formula is C18H28N4O2S. The lowest BCUT2D eigenvalue weighted by atomic mass is 10.0. The number of hydrogen-bond donors (Lipinski definition) is 0. The molecule has 3 heterocycles. The van der Waals surface area contributed by atoms with E-state index in [0.29, 0.717) is 25.7 Å². The van der Waals surface area contributed by atoms with Crippen LogP contribution in [0.4, 0.5) is 0 Å². The van der Waals surface area contributed by atoms with E-state index in [1.165, 1.54) is 17.8 Å². The van der Waals surface area contributed by atoms with Gasteiger partial charge >= 0.3 is 0 Å². The Kier molecular flexibility index (Phi) is 5.74. The topological polar surface area (TPSA) is 56.8 Å². The van der Waals surface area contributed by atoms with Gasteiger partial charge in [-0.15, -0.1) is 11.3 Å². The molecule has 2 aliphatic heterocycles. The van der Waals surface area contributed by atoms with Gasteiger partial charge in [0.1, 0.15) is 4.88 Å². The minimum absolute atomic E-state index is 0.0822. The van der Waals surface area contributed by atoms with Crippen molar-refractivity contribution < 1.29 is 9.59 Å². The monoisotopic (exact) mass is 364 g/mol. The quantitative estimate of drug-likeness (QED) is 0.822. The van der Waals surface area contributed by atoms with E-state index in [1.54, 1.807) is 0 Å². The number of piperazine rings is 1. The third-order valence-corrected chi connectivity index (χ3v) is 6.30. The molecule has 0 saturated carbocycles. The van der Waals surface area contributed by atoms with Crippen LogP contribution in [0.2, 0.25) is 0 Å². The minimum atomic E-state index is 0.0822. The summed E-state index contributed by atoms with van der Waals surface area (Å²) in [6.45, 7) is 10.2. The molecule has 0 bridgehead atoms. The zero-order valence-corrected chi connectivity index (χ0v) is 16.3. The molecule has 2 aliphatic rings. The Morgan fingerprint density at radius 1 is 1.12 bits per heavy atom. The number of thiazole rings is 1. The molecule has 0 aromatic carbocycles. The first-order valence-electron chi connectivity index (χ1n) is 9.21. The molecule has 1 aromatic rings. The van der Waals surface area contributed by atoms with Gasteiger partial charge in [-0.2, -0.15) is 0 Å². The fourth-order valence-electron chi connectivity index (χ4n) is 3.73. The third-order valence-electron chi connectivity index (χ3n) is 5.24. The van der Waals surface area contributed by atoms with Crippen molar-refractivity contribution in [3.05, 3.63) is 15.6 Å². The smallest absolute Gasteiger partial charge is 0.265 e. The Morgan fingerprint density at radius 3 is 2.44 bits per heavy atom. The molecule has 0 spiro atoms. The number of likely N-dealkylation sites (tertiary alicyclic amines) is 1. The fraction of sp³-hybridized carbons (Fsp3) is 0.722. The van der Waals surface area contributed by atoms with Crippen LogP contribution >= 0.6 is 11.3 Å². The number of nitrogens with zero attached hydrogens (tertiary/aromatic N) is 4. The average Bonchev–Trinajstić information content (AvgIpc) is 2.93. The van der Waals surface area contributed by atoms with Crippen LogP contribution in [-0.2, 0) is 4.79 Å². The van der Waals surface area contributed by atoms with Gasteiger partial charge in [-0.1, -0.05) is 0 Å². The van der Waals surface area contributed by atoms with Crippen LogP contribution in [0.5, 0.6) is 0 Å². The van der Waals surface area contributed by atoms with E-state index in [-0.39, 0.29) is 11.8 Å². The zero-order chi connectivity index (χ0) is 18.0. The molecule has 2 fully saturated rings. The van der Waals surface area contributed by atoms with Crippen LogP contribution in [0.15, 0.2) is 0 Å². The largest absolute Gasteiger partial charge is 0.339 e. The van der Waals surface area contributed by atoms with Crippen molar-refractivity contribution in [2.24, 2.45) is 0 Å². The standard InChI is InChI=1S/C18H28N4O2S/c1-13-6-4-5-7-22(13)16(23)12-20-8-10-21(11-9-20)18(24)17-14(2)19-15(3)25-17/h13H,4-12H2,1-3H3. The summed E-state index contributed by atoms with van der Waals surface area (Å²) < 4.78 is 0. The molecule has 6 nitrogen and oxygen atoms in total. The molecule has 1 unspecified atom stereocenters. The van der Waals surface area contributed by atoms with Crippen molar-refractivity contribution in [2.45, 2.75) is 46.1 Å². The van der Waals surface area contributed by atoms with Gasteiger partial charge < -0.3 is 9.80 Å². The van der Waals surface area contributed by atoms with Crippen LogP contribution in [0, 0.1) is 13.8 Å². The SMILES string of the molecule is Cc1nc(C)c(C(=O)N2CCN(CC(=O)N3CCCCC3C)CC2)s1. The lowest BCUT2D eigenvalue weighted by Gasteiger charge is -2.38. The second kappa shape index (κ2) is 7.83. The molecule has 2 saturated heterocycles.